The molecule has 1 atom stereocenters. The topological polar surface area (TPSA) is 94.7 Å². The molecule has 0 aliphatic carbocycles. The maximum atomic E-state index is 10.2. The first kappa shape index (κ1) is 15.6. The van der Waals surface area contributed by atoms with Crippen LogP contribution in [0.15, 0.2) is 61.1 Å². The summed E-state index contributed by atoms with van der Waals surface area (Å²) in [5.41, 5.74) is 2.69. The zero-order chi connectivity index (χ0) is 16.8. The molecular formula is C18H15N5O. The Labute approximate surface area is 139 Å². The van der Waals surface area contributed by atoms with E-state index in [1.54, 1.807) is 24.4 Å². The van der Waals surface area contributed by atoms with Crippen molar-refractivity contribution < 1.29 is 5.11 Å². The van der Waals surface area contributed by atoms with Crippen LogP contribution in [-0.2, 0) is 0 Å². The first-order valence-corrected chi connectivity index (χ1v) is 7.42. The molecule has 0 saturated heterocycles. The smallest absolute Gasteiger partial charge is 0.140 e. The summed E-state index contributed by atoms with van der Waals surface area (Å²) in [6, 6.07) is 16.6. The van der Waals surface area contributed by atoms with Crippen LogP contribution in [0.1, 0.15) is 17.4 Å². The SMILES string of the molecule is N#Cc1ccc(-c2cc(NC[C@@H](O)c3ccccc3)ncn2)cn1. The quantitative estimate of drug-likeness (QED) is 0.751. The number of hydrogen-bond donors (Lipinski definition) is 2. The second kappa shape index (κ2) is 7.31. The molecule has 0 unspecified atom stereocenters. The van der Waals surface area contributed by atoms with E-state index in [-0.39, 0.29) is 0 Å². The van der Waals surface area contributed by atoms with E-state index in [4.69, 9.17) is 5.26 Å². The average Bonchev–Trinajstić information content (AvgIpc) is 2.67. The maximum Gasteiger partial charge on any atom is 0.140 e. The van der Waals surface area contributed by atoms with Crippen molar-refractivity contribution in [3.8, 4) is 17.3 Å². The Morgan fingerprint density at radius 1 is 1.08 bits per heavy atom. The van der Waals surface area contributed by atoms with Gasteiger partial charge in [-0.15, -0.1) is 0 Å². The lowest BCUT2D eigenvalue weighted by atomic mass is 10.1. The minimum atomic E-state index is -0.624. The van der Waals surface area contributed by atoms with Crippen molar-refractivity contribution in [1.82, 2.24) is 15.0 Å². The fourth-order valence-electron chi connectivity index (χ4n) is 2.22. The van der Waals surface area contributed by atoms with Crippen LogP contribution < -0.4 is 5.32 Å². The molecule has 0 spiro atoms. The highest BCUT2D eigenvalue weighted by Crippen LogP contribution is 2.19. The molecule has 6 heteroatoms. The first-order valence-electron chi connectivity index (χ1n) is 7.42. The van der Waals surface area contributed by atoms with Gasteiger partial charge in [0.05, 0.1) is 11.8 Å². The van der Waals surface area contributed by atoms with E-state index in [0.29, 0.717) is 23.8 Å². The fraction of sp³-hybridized carbons (Fsp3) is 0.111. The monoisotopic (exact) mass is 317 g/mol. The highest BCUT2D eigenvalue weighted by molar-refractivity contribution is 5.61. The predicted octanol–water partition coefficient (Wildman–Crippen LogP) is 2.56. The van der Waals surface area contributed by atoms with Crippen LogP contribution in [0, 0.1) is 11.3 Å². The molecule has 3 rings (SSSR count). The minimum Gasteiger partial charge on any atom is -0.387 e. The Morgan fingerprint density at radius 3 is 2.62 bits per heavy atom. The number of anilines is 1. The number of pyridine rings is 1. The third-order valence-electron chi connectivity index (χ3n) is 3.50. The zero-order valence-electron chi connectivity index (χ0n) is 12.8. The summed E-state index contributed by atoms with van der Waals surface area (Å²) >= 11 is 0. The number of nitriles is 1. The van der Waals surface area contributed by atoms with Gasteiger partial charge in [-0.1, -0.05) is 30.3 Å². The van der Waals surface area contributed by atoms with Crippen molar-refractivity contribution in [2.45, 2.75) is 6.10 Å². The van der Waals surface area contributed by atoms with Gasteiger partial charge in [0.15, 0.2) is 0 Å². The van der Waals surface area contributed by atoms with Crippen molar-refractivity contribution in [2.75, 3.05) is 11.9 Å². The number of aromatic nitrogens is 3. The maximum absolute atomic E-state index is 10.2. The number of aliphatic hydroxyl groups excluding tert-OH is 1. The van der Waals surface area contributed by atoms with E-state index in [1.165, 1.54) is 6.33 Å². The lowest BCUT2D eigenvalue weighted by Crippen LogP contribution is -2.13. The van der Waals surface area contributed by atoms with Crippen LogP contribution in [0.4, 0.5) is 5.82 Å². The molecule has 2 aromatic heterocycles. The third kappa shape index (κ3) is 3.72. The first-order chi connectivity index (χ1) is 11.8. The molecule has 2 N–H and O–H groups in total. The molecule has 2 heterocycles. The van der Waals surface area contributed by atoms with Crippen molar-refractivity contribution in [2.24, 2.45) is 0 Å². The van der Waals surface area contributed by atoms with Crippen LogP contribution in [0.3, 0.4) is 0 Å². The van der Waals surface area contributed by atoms with Crippen LogP contribution in [0.25, 0.3) is 11.3 Å². The Hall–Kier alpha value is -3.30. The third-order valence-corrected chi connectivity index (χ3v) is 3.50. The van der Waals surface area contributed by atoms with Gasteiger partial charge in [0.25, 0.3) is 0 Å². The van der Waals surface area contributed by atoms with Crippen molar-refractivity contribution in [1.29, 1.82) is 5.26 Å². The van der Waals surface area contributed by atoms with Crippen LogP contribution in [0.5, 0.6) is 0 Å². The lowest BCUT2D eigenvalue weighted by Gasteiger charge is -2.13. The molecular weight excluding hydrogens is 302 g/mol. The van der Waals surface area contributed by atoms with Gasteiger partial charge in [0.1, 0.15) is 23.9 Å². The molecule has 0 radical (unpaired) electrons. The Balaban J connectivity index is 1.70. The standard InChI is InChI=1S/C18H15N5O/c19-9-15-7-6-14(10-20-15)16-8-18(23-12-22-16)21-11-17(24)13-4-2-1-3-5-13/h1-8,10,12,17,24H,11H2,(H,21,22,23)/t17-/m1/s1. The number of aliphatic hydroxyl groups is 1. The van der Waals surface area contributed by atoms with Crippen LogP contribution in [0.2, 0.25) is 0 Å². The number of benzene rings is 1. The second-order valence-corrected chi connectivity index (χ2v) is 5.14. The molecule has 0 aliphatic rings. The second-order valence-electron chi connectivity index (χ2n) is 5.14. The minimum absolute atomic E-state index is 0.339. The zero-order valence-corrected chi connectivity index (χ0v) is 12.8. The van der Waals surface area contributed by atoms with Gasteiger partial charge in [-0.3, -0.25) is 0 Å². The summed E-state index contributed by atoms with van der Waals surface area (Å²) in [5, 5.41) is 22.1. The Kier molecular flexibility index (Phi) is 4.75. The molecule has 0 amide bonds. The number of hydrogen-bond acceptors (Lipinski definition) is 6. The van der Waals surface area contributed by atoms with E-state index in [0.717, 1.165) is 11.1 Å². The summed E-state index contributed by atoms with van der Waals surface area (Å²) in [5.74, 6) is 0.611. The van der Waals surface area contributed by atoms with E-state index < -0.39 is 6.10 Å². The van der Waals surface area contributed by atoms with Crippen LogP contribution in [-0.4, -0.2) is 26.6 Å². The molecule has 3 aromatic rings. The van der Waals surface area contributed by atoms with Gasteiger partial charge in [0, 0.05) is 24.4 Å². The average molecular weight is 317 g/mol. The Bertz CT molecular complexity index is 843. The molecule has 0 saturated carbocycles. The largest absolute Gasteiger partial charge is 0.387 e. The fourth-order valence-corrected chi connectivity index (χ4v) is 2.22. The molecule has 0 fully saturated rings. The summed E-state index contributed by atoms with van der Waals surface area (Å²) in [4.78, 5) is 12.4. The highest BCUT2D eigenvalue weighted by Gasteiger charge is 2.08. The predicted molar refractivity (Wildman–Crippen MR) is 89.9 cm³/mol. The molecule has 0 aliphatic heterocycles. The van der Waals surface area contributed by atoms with E-state index in [2.05, 4.69) is 20.3 Å². The lowest BCUT2D eigenvalue weighted by molar-refractivity contribution is 0.191. The van der Waals surface area contributed by atoms with Gasteiger partial charge in [-0.05, 0) is 17.7 Å². The van der Waals surface area contributed by atoms with Gasteiger partial charge in [0.2, 0.25) is 0 Å². The van der Waals surface area contributed by atoms with Gasteiger partial charge in [-0.25, -0.2) is 15.0 Å². The van der Waals surface area contributed by atoms with E-state index in [9.17, 15) is 5.11 Å². The normalized spacial score (nSPS) is 11.5. The summed E-state index contributed by atoms with van der Waals surface area (Å²) in [6.45, 7) is 0.339. The highest BCUT2D eigenvalue weighted by atomic mass is 16.3. The number of rotatable bonds is 5. The van der Waals surface area contributed by atoms with Gasteiger partial charge >= 0.3 is 0 Å². The van der Waals surface area contributed by atoms with E-state index in [1.807, 2.05) is 36.4 Å². The van der Waals surface area contributed by atoms with Crippen molar-refractivity contribution in [3.63, 3.8) is 0 Å². The van der Waals surface area contributed by atoms with Crippen LogP contribution >= 0.6 is 0 Å². The van der Waals surface area contributed by atoms with E-state index >= 15 is 0 Å². The van der Waals surface area contributed by atoms with Gasteiger partial charge < -0.3 is 10.4 Å². The van der Waals surface area contributed by atoms with Gasteiger partial charge in [-0.2, -0.15) is 5.26 Å². The molecule has 118 valence electrons. The molecule has 6 nitrogen and oxygen atoms in total. The summed E-state index contributed by atoms with van der Waals surface area (Å²) < 4.78 is 0. The number of nitrogens with zero attached hydrogens (tertiary/aromatic N) is 4. The van der Waals surface area contributed by atoms with Crippen molar-refractivity contribution in [3.05, 3.63) is 72.3 Å². The summed E-state index contributed by atoms with van der Waals surface area (Å²) in [7, 11) is 0. The summed E-state index contributed by atoms with van der Waals surface area (Å²) in [6.07, 6.45) is 2.43. The molecule has 0 bridgehead atoms. The van der Waals surface area contributed by atoms with Crippen molar-refractivity contribution >= 4 is 5.82 Å². The Morgan fingerprint density at radius 2 is 1.92 bits per heavy atom. The number of nitrogens with one attached hydrogen (secondary N) is 1. The molecule has 1 aromatic carbocycles. The molecule has 24 heavy (non-hydrogen) atoms.